The molecule has 0 aliphatic carbocycles. The molecule has 1 aromatic heterocycles. The monoisotopic (exact) mass is 350 g/mol. The normalized spacial score (nSPS) is 11.8. The molecular formula is C16H22N4O3S. The molecule has 24 heavy (non-hydrogen) atoms. The molecule has 1 heterocycles. The number of aromatic nitrogens is 1. The summed E-state index contributed by atoms with van der Waals surface area (Å²) in [5.41, 5.74) is 12.0. The molecule has 0 bridgehead atoms. The molecular weight excluding hydrogens is 328 g/mol. The average molecular weight is 350 g/mol. The predicted octanol–water partition coefficient (Wildman–Crippen LogP) is 0.316. The number of aryl methyl sites for hydroxylation is 1. The van der Waals surface area contributed by atoms with E-state index < -0.39 is 15.9 Å². The highest BCUT2D eigenvalue weighted by Gasteiger charge is 2.26. The fraction of sp³-hybridized carbons (Fsp3) is 0.312. The Bertz CT molecular complexity index is 800. The Labute approximate surface area is 141 Å². The van der Waals surface area contributed by atoms with Crippen molar-refractivity contribution in [1.29, 1.82) is 0 Å². The van der Waals surface area contributed by atoms with Gasteiger partial charge in [0.2, 0.25) is 10.0 Å². The lowest BCUT2D eigenvalue weighted by Gasteiger charge is -2.21. The van der Waals surface area contributed by atoms with Crippen molar-refractivity contribution >= 4 is 15.9 Å². The van der Waals surface area contributed by atoms with Gasteiger partial charge in [-0.15, -0.1) is 0 Å². The number of carbonyl (C=O) groups is 1. The van der Waals surface area contributed by atoms with Gasteiger partial charge in [-0.1, -0.05) is 30.3 Å². The number of hydrogen-bond acceptors (Lipinski definition) is 4. The van der Waals surface area contributed by atoms with Crippen LogP contribution in [0, 0.1) is 0 Å². The predicted molar refractivity (Wildman–Crippen MR) is 91.9 cm³/mol. The van der Waals surface area contributed by atoms with Gasteiger partial charge >= 0.3 is 0 Å². The first kappa shape index (κ1) is 18.2. The van der Waals surface area contributed by atoms with E-state index >= 15 is 0 Å². The molecule has 1 aromatic carbocycles. The molecule has 8 heteroatoms. The van der Waals surface area contributed by atoms with E-state index in [1.54, 1.807) is 7.05 Å². The summed E-state index contributed by atoms with van der Waals surface area (Å²) in [6.07, 6.45) is 1.97. The fourth-order valence-corrected chi connectivity index (χ4v) is 3.99. The minimum atomic E-state index is -3.74. The molecule has 4 N–H and O–H groups in total. The summed E-state index contributed by atoms with van der Waals surface area (Å²) < 4.78 is 28.4. The first-order chi connectivity index (χ1) is 11.4. The Morgan fingerprint density at radius 1 is 1.21 bits per heavy atom. The molecule has 0 radical (unpaired) electrons. The highest BCUT2D eigenvalue weighted by molar-refractivity contribution is 7.89. The van der Waals surface area contributed by atoms with Gasteiger partial charge in [-0.25, -0.2) is 8.42 Å². The highest BCUT2D eigenvalue weighted by atomic mass is 32.2. The lowest BCUT2D eigenvalue weighted by molar-refractivity contribution is 0.0992. The van der Waals surface area contributed by atoms with Gasteiger partial charge in [0, 0.05) is 32.9 Å². The van der Waals surface area contributed by atoms with Gasteiger partial charge in [0.05, 0.1) is 0 Å². The van der Waals surface area contributed by atoms with Gasteiger partial charge in [-0.3, -0.25) is 4.79 Å². The third-order valence-electron chi connectivity index (χ3n) is 3.74. The number of benzene rings is 1. The Morgan fingerprint density at radius 3 is 2.42 bits per heavy atom. The van der Waals surface area contributed by atoms with Crippen molar-refractivity contribution < 1.29 is 13.2 Å². The minimum Gasteiger partial charge on any atom is -0.364 e. The summed E-state index contributed by atoms with van der Waals surface area (Å²) in [4.78, 5) is 11.4. The first-order valence-electron chi connectivity index (χ1n) is 7.56. The zero-order valence-corrected chi connectivity index (χ0v) is 14.4. The number of rotatable bonds is 8. The van der Waals surface area contributed by atoms with E-state index in [-0.39, 0.29) is 23.7 Å². The molecule has 0 unspecified atom stereocenters. The summed E-state index contributed by atoms with van der Waals surface area (Å²) in [6, 6.07) is 10.9. The van der Waals surface area contributed by atoms with E-state index in [0.29, 0.717) is 13.0 Å². The molecule has 0 aliphatic heterocycles. The lowest BCUT2D eigenvalue weighted by atomic mass is 10.1. The van der Waals surface area contributed by atoms with E-state index in [1.165, 1.54) is 21.1 Å². The minimum absolute atomic E-state index is 0.0420. The zero-order chi connectivity index (χ0) is 17.7. The van der Waals surface area contributed by atoms with Gasteiger partial charge in [0.25, 0.3) is 5.91 Å². The summed E-state index contributed by atoms with van der Waals surface area (Å²) in [5, 5.41) is 0. The molecule has 0 spiro atoms. The van der Waals surface area contributed by atoms with Crippen LogP contribution >= 0.6 is 0 Å². The van der Waals surface area contributed by atoms with Crippen LogP contribution < -0.4 is 11.5 Å². The Kier molecular flexibility index (Phi) is 5.76. The quantitative estimate of drug-likeness (QED) is 0.714. The van der Waals surface area contributed by atoms with Crippen molar-refractivity contribution in [2.45, 2.75) is 11.3 Å². The Morgan fingerprint density at radius 2 is 1.88 bits per heavy atom. The van der Waals surface area contributed by atoms with Crippen LogP contribution in [-0.4, -0.2) is 42.8 Å². The molecule has 0 fully saturated rings. The maximum Gasteiger partial charge on any atom is 0.265 e. The van der Waals surface area contributed by atoms with E-state index in [4.69, 9.17) is 11.5 Å². The van der Waals surface area contributed by atoms with Crippen LogP contribution in [0.1, 0.15) is 16.1 Å². The van der Waals surface area contributed by atoms with Crippen molar-refractivity contribution in [3.63, 3.8) is 0 Å². The second-order valence-electron chi connectivity index (χ2n) is 5.46. The van der Waals surface area contributed by atoms with Crippen LogP contribution in [0.4, 0.5) is 0 Å². The molecule has 0 saturated carbocycles. The van der Waals surface area contributed by atoms with Crippen LogP contribution in [0.5, 0.6) is 0 Å². The van der Waals surface area contributed by atoms with Crippen LogP contribution in [0.2, 0.25) is 0 Å². The SMILES string of the molecule is Cn1cc(S(=O)(=O)N(CCN)CCc2ccccc2)cc1C(N)=O. The molecule has 0 saturated heterocycles. The second kappa shape index (κ2) is 7.61. The van der Waals surface area contributed by atoms with Gasteiger partial charge in [-0.05, 0) is 18.1 Å². The molecule has 2 aromatic rings. The van der Waals surface area contributed by atoms with Crippen molar-refractivity contribution in [3.05, 3.63) is 53.9 Å². The van der Waals surface area contributed by atoms with Crippen molar-refractivity contribution in [1.82, 2.24) is 8.87 Å². The molecule has 0 aliphatic rings. The highest BCUT2D eigenvalue weighted by Crippen LogP contribution is 2.19. The third kappa shape index (κ3) is 4.02. The summed E-state index contributed by atoms with van der Waals surface area (Å²) in [6.45, 7) is 0.726. The smallest absolute Gasteiger partial charge is 0.265 e. The maximum absolute atomic E-state index is 12.8. The maximum atomic E-state index is 12.8. The second-order valence-corrected chi connectivity index (χ2v) is 7.40. The zero-order valence-electron chi connectivity index (χ0n) is 13.6. The van der Waals surface area contributed by atoms with Crippen molar-refractivity contribution in [2.75, 3.05) is 19.6 Å². The van der Waals surface area contributed by atoms with Gasteiger partial charge in [0.1, 0.15) is 10.6 Å². The average Bonchev–Trinajstić information content (AvgIpc) is 2.95. The fourth-order valence-electron chi connectivity index (χ4n) is 2.46. The molecule has 130 valence electrons. The number of nitrogens with two attached hydrogens (primary N) is 2. The number of amides is 1. The van der Waals surface area contributed by atoms with Gasteiger partial charge in [0.15, 0.2) is 0 Å². The standard InChI is InChI=1S/C16H22N4O3S/c1-19-12-14(11-15(19)16(18)21)24(22,23)20(10-8-17)9-7-13-5-3-2-4-6-13/h2-6,11-12H,7-10,17H2,1H3,(H2,18,21). The number of nitrogens with zero attached hydrogens (tertiary/aromatic N) is 2. The largest absolute Gasteiger partial charge is 0.364 e. The van der Waals surface area contributed by atoms with Crippen LogP contribution in [0.25, 0.3) is 0 Å². The van der Waals surface area contributed by atoms with E-state index in [9.17, 15) is 13.2 Å². The molecule has 1 amide bonds. The first-order valence-corrected chi connectivity index (χ1v) is 9.00. The van der Waals surface area contributed by atoms with Crippen molar-refractivity contribution in [2.24, 2.45) is 18.5 Å². The van der Waals surface area contributed by atoms with E-state index in [2.05, 4.69) is 0 Å². The van der Waals surface area contributed by atoms with E-state index in [0.717, 1.165) is 5.56 Å². The van der Waals surface area contributed by atoms with Gasteiger partial charge < -0.3 is 16.0 Å². The van der Waals surface area contributed by atoms with Crippen molar-refractivity contribution in [3.8, 4) is 0 Å². The summed E-state index contributed by atoms with van der Waals surface area (Å²) in [5.74, 6) is -0.673. The number of hydrogen-bond donors (Lipinski definition) is 2. The molecule has 0 atom stereocenters. The lowest BCUT2D eigenvalue weighted by Crippen LogP contribution is -2.36. The van der Waals surface area contributed by atoms with Crippen LogP contribution in [-0.2, 0) is 23.5 Å². The molecule has 2 rings (SSSR count). The summed E-state index contributed by atoms with van der Waals surface area (Å²) in [7, 11) is -2.16. The number of primary amides is 1. The Balaban J connectivity index is 2.24. The number of carbonyl (C=O) groups excluding carboxylic acids is 1. The van der Waals surface area contributed by atoms with E-state index in [1.807, 2.05) is 30.3 Å². The number of sulfonamides is 1. The van der Waals surface area contributed by atoms with Crippen LogP contribution in [0.15, 0.2) is 47.5 Å². The summed E-state index contributed by atoms with van der Waals surface area (Å²) >= 11 is 0. The third-order valence-corrected chi connectivity index (χ3v) is 5.61. The van der Waals surface area contributed by atoms with Gasteiger partial charge in [-0.2, -0.15) is 4.31 Å². The Hall–Kier alpha value is -2.16. The van der Waals surface area contributed by atoms with Crippen LogP contribution in [0.3, 0.4) is 0 Å². The molecule has 7 nitrogen and oxygen atoms in total. The topological polar surface area (TPSA) is 111 Å².